The standard InChI is InChI=1S/C21H28N4O/c1-17(2)25(16-18-7-5-4-6-8-18)21(26)20-15-19(9-10-22-20)24-13-11-23(3)12-14-24/h4-10,15,17H,11-14,16H2,1-3H3. The number of hydrogen-bond acceptors (Lipinski definition) is 4. The highest BCUT2D eigenvalue weighted by molar-refractivity contribution is 5.93. The summed E-state index contributed by atoms with van der Waals surface area (Å²) in [6.45, 7) is 8.72. The molecule has 3 rings (SSSR count). The quantitative estimate of drug-likeness (QED) is 0.830. The topological polar surface area (TPSA) is 39.7 Å². The summed E-state index contributed by atoms with van der Waals surface area (Å²) in [5.74, 6) is -0.0140. The Hall–Kier alpha value is -2.40. The number of nitrogens with zero attached hydrogens (tertiary/aromatic N) is 4. The van der Waals surface area contributed by atoms with Crippen LogP contribution in [0.2, 0.25) is 0 Å². The van der Waals surface area contributed by atoms with Gasteiger partial charge < -0.3 is 14.7 Å². The molecule has 0 unspecified atom stereocenters. The average Bonchev–Trinajstić information content (AvgIpc) is 2.67. The molecule has 5 heteroatoms. The molecule has 1 amide bonds. The molecule has 0 spiro atoms. The number of likely N-dealkylation sites (N-methyl/N-ethyl adjacent to an activating group) is 1. The van der Waals surface area contributed by atoms with E-state index in [0.717, 1.165) is 37.4 Å². The summed E-state index contributed by atoms with van der Waals surface area (Å²) >= 11 is 0. The molecule has 0 radical (unpaired) electrons. The van der Waals surface area contributed by atoms with Crippen LogP contribution in [0.5, 0.6) is 0 Å². The number of pyridine rings is 1. The van der Waals surface area contributed by atoms with Crippen LogP contribution in [-0.4, -0.2) is 60.0 Å². The summed E-state index contributed by atoms with van der Waals surface area (Å²) in [6, 6.07) is 14.2. The zero-order valence-electron chi connectivity index (χ0n) is 15.9. The van der Waals surface area contributed by atoms with Gasteiger partial charge >= 0.3 is 0 Å². The van der Waals surface area contributed by atoms with Crippen LogP contribution in [0.4, 0.5) is 5.69 Å². The number of carbonyl (C=O) groups is 1. The molecule has 0 saturated carbocycles. The first-order valence-electron chi connectivity index (χ1n) is 9.29. The van der Waals surface area contributed by atoms with Gasteiger partial charge in [0, 0.05) is 50.6 Å². The van der Waals surface area contributed by atoms with Gasteiger partial charge in [0.25, 0.3) is 5.91 Å². The maximum Gasteiger partial charge on any atom is 0.273 e. The van der Waals surface area contributed by atoms with E-state index >= 15 is 0 Å². The summed E-state index contributed by atoms with van der Waals surface area (Å²) in [5.41, 5.74) is 2.73. The maximum absolute atomic E-state index is 13.1. The van der Waals surface area contributed by atoms with Crippen LogP contribution in [0, 0.1) is 0 Å². The molecule has 26 heavy (non-hydrogen) atoms. The van der Waals surface area contributed by atoms with Gasteiger partial charge in [-0.1, -0.05) is 30.3 Å². The number of hydrogen-bond donors (Lipinski definition) is 0. The molecule has 2 heterocycles. The third kappa shape index (κ3) is 4.41. The van der Waals surface area contributed by atoms with Crippen molar-refractivity contribution >= 4 is 11.6 Å². The van der Waals surface area contributed by atoms with Crippen LogP contribution in [0.3, 0.4) is 0 Å². The fourth-order valence-electron chi connectivity index (χ4n) is 3.21. The smallest absolute Gasteiger partial charge is 0.273 e. The second-order valence-electron chi connectivity index (χ2n) is 7.20. The van der Waals surface area contributed by atoms with Gasteiger partial charge in [0.2, 0.25) is 0 Å². The first kappa shape index (κ1) is 18.4. The minimum Gasteiger partial charge on any atom is -0.369 e. The Morgan fingerprint density at radius 1 is 1.12 bits per heavy atom. The molecule has 0 bridgehead atoms. The van der Waals surface area contributed by atoms with Crippen molar-refractivity contribution in [2.24, 2.45) is 0 Å². The second kappa shape index (κ2) is 8.32. The lowest BCUT2D eigenvalue weighted by molar-refractivity contribution is 0.0684. The van der Waals surface area contributed by atoms with Gasteiger partial charge in [-0.15, -0.1) is 0 Å². The average molecular weight is 352 g/mol. The number of rotatable bonds is 5. The number of carbonyl (C=O) groups excluding carboxylic acids is 1. The van der Waals surface area contributed by atoms with Crippen LogP contribution in [0.15, 0.2) is 48.7 Å². The zero-order chi connectivity index (χ0) is 18.5. The summed E-state index contributed by atoms with van der Waals surface area (Å²) < 4.78 is 0. The van der Waals surface area contributed by atoms with Gasteiger partial charge in [-0.05, 0) is 38.6 Å². The van der Waals surface area contributed by atoms with Crippen molar-refractivity contribution in [2.45, 2.75) is 26.4 Å². The summed E-state index contributed by atoms with van der Waals surface area (Å²) in [6.07, 6.45) is 1.75. The fraction of sp³-hybridized carbons (Fsp3) is 0.429. The van der Waals surface area contributed by atoms with E-state index in [-0.39, 0.29) is 11.9 Å². The lowest BCUT2D eigenvalue weighted by Gasteiger charge is -2.34. The lowest BCUT2D eigenvalue weighted by atomic mass is 10.1. The molecule has 1 aliphatic rings. The van der Waals surface area contributed by atoms with Gasteiger partial charge in [0.1, 0.15) is 5.69 Å². The van der Waals surface area contributed by atoms with E-state index in [4.69, 9.17) is 0 Å². The van der Waals surface area contributed by atoms with Crippen molar-refractivity contribution in [3.8, 4) is 0 Å². The molecule has 1 fully saturated rings. The van der Waals surface area contributed by atoms with Crippen molar-refractivity contribution in [1.82, 2.24) is 14.8 Å². The number of amides is 1. The summed E-state index contributed by atoms with van der Waals surface area (Å²) in [5, 5.41) is 0. The van der Waals surface area contributed by atoms with E-state index in [9.17, 15) is 4.79 Å². The van der Waals surface area contributed by atoms with Gasteiger partial charge in [-0.3, -0.25) is 9.78 Å². The minimum absolute atomic E-state index is 0.0140. The summed E-state index contributed by atoms with van der Waals surface area (Å²) in [4.78, 5) is 24.0. The van der Waals surface area contributed by atoms with E-state index in [2.05, 4.69) is 34.0 Å². The van der Waals surface area contributed by atoms with Crippen LogP contribution >= 0.6 is 0 Å². The van der Waals surface area contributed by atoms with E-state index in [0.29, 0.717) is 12.2 Å². The highest BCUT2D eigenvalue weighted by Gasteiger charge is 2.22. The SMILES string of the molecule is CC(C)N(Cc1ccccc1)C(=O)c1cc(N2CCN(C)CC2)ccn1. The van der Waals surface area contributed by atoms with Crippen molar-refractivity contribution in [2.75, 3.05) is 38.1 Å². The Morgan fingerprint density at radius 2 is 1.81 bits per heavy atom. The van der Waals surface area contributed by atoms with Gasteiger partial charge in [0.15, 0.2) is 0 Å². The molecule has 1 aromatic heterocycles. The maximum atomic E-state index is 13.1. The molecule has 138 valence electrons. The predicted octanol–water partition coefficient (Wildman–Crippen LogP) is 2.88. The van der Waals surface area contributed by atoms with Crippen LogP contribution < -0.4 is 4.90 Å². The van der Waals surface area contributed by atoms with Crippen LogP contribution in [0.25, 0.3) is 0 Å². The van der Waals surface area contributed by atoms with Gasteiger partial charge in [-0.2, -0.15) is 0 Å². The highest BCUT2D eigenvalue weighted by atomic mass is 16.2. The fourth-order valence-corrected chi connectivity index (χ4v) is 3.21. The minimum atomic E-state index is -0.0140. The van der Waals surface area contributed by atoms with Crippen molar-refractivity contribution in [1.29, 1.82) is 0 Å². The summed E-state index contributed by atoms with van der Waals surface area (Å²) in [7, 11) is 2.14. The molecule has 5 nitrogen and oxygen atoms in total. The normalized spacial score (nSPS) is 15.3. The largest absolute Gasteiger partial charge is 0.369 e. The van der Waals surface area contributed by atoms with Crippen LogP contribution in [-0.2, 0) is 6.54 Å². The molecule has 0 aliphatic carbocycles. The Labute approximate surface area is 156 Å². The third-order valence-electron chi connectivity index (χ3n) is 4.91. The number of piperazine rings is 1. The van der Waals surface area contributed by atoms with Gasteiger partial charge in [-0.25, -0.2) is 0 Å². The molecule has 1 saturated heterocycles. The zero-order valence-corrected chi connectivity index (χ0v) is 15.9. The van der Waals surface area contributed by atoms with Crippen LogP contribution in [0.1, 0.15) is 29.9 Å². The third-order valence-corrected chi connectivity index (χ3v) is 4.91. The Balaban J connectivity index is 1.78. The number of aromatic nitrogens is 1. The van der Waals surface area contributed by atoms with Crippen molar-refractivity contribution < 1.29 is 4.79 Å². The monoisotopic (exact) mass is 352 g/mol. The molecule has 2 aromatic rings. The molecule has 1 aromatic carbocycles. The Morgan fingerprint density at radius 3 is 2.46 bits per heavy atom. The van der Waals surface area contributed by atoms with E-state index in [1.165, 1.54) is 0 Å². The molecule has 1 aliphatic heterocycles. The Kier molecular flexibility index (Phi) is 5.89. The second-order valence-corrected chi connectivity index (χ2v) is 7.20. The van der Waals surface area contributed by atoms with Crippen molar-refractivity contribution in [3.63, 3.8) is 0 Å². The highest BCUT2D eigenvalue weighted by Crippen LogP contribution is 2.19. The van der Waals surface area contributed by atoms with E-state index in [1.807, 2.05) is 49.1 Å². The predicted molar refractivity (Wildman–Crippen MR) is 105 cm³/mol. The molecule has 0 atom stereocenters. The van der Waals surface area contributed by atoms with Crippen molar-refractivity contribution in [3.05, 3.63) is 59.9 Å². The van der Waals surface area contributed by atoms with Gasteiger partial charge in [0.05, 0.1) is 0 Å². The lowest BCUT2D eigenvalue weighted by Crippen LogP contribution is -2.44. The first-order valence-corrected chi connectivity index (χ1v) is 9.29. The molecule has 0 N–H and O–H groups in total. The Bertz CT molecular complexity index is 724. The van der Waals surface area contributed by atoms with E-state index in [1.54, 1.807) is 6.20 Å². The number of benzene rings is 1. The first-order chi connectivity index (χ1) is 12.5. The number of anilines is 1. The molecular weight excluding hydrogens is 324 g/mol. The van der Waals surface area contributed by atoms with E-state index < -0.39 is 0 Å². The molecular formula is C21H28N4O.